The summed E-state index contributed by atoms with van der Waals surface area (Å²) in [6, 6.07) is 4.75. The molecule has 0 unspecified atom stereocenters. The molecule has 7 heteroatoms. The van der Waals surface area contributed by atoms with Gasteiger partial charge in [0.05, 0.1) is 22.3 Å². The molecule has 0 aliphatic rings. The number of rotatable bonds is 1. The first kappa shape index (κ1) is 13.5. The average molecular weight is 309 g/mol. The summed E-state index contributed by atoms with van der Waals surface area (Å²) in [5.41, 5.74) is -1.52. The minimum absolute atomic E-state index is 0.0559. The van der Waals surface area contributed by atoms with Gasteiger partial charge in [0.1, 0.15) is 17.1 Å². The van der Waals surface area contributed by atoms with Crippen LogP contribution in [0.15, 0.2) is 35.4 Å². The highest BCUT2D eigenvalue weighted by Gasteiger charge is 2.21. The third-order valence-electron chi connectivity index (χ3n) is 3.07. The maximum atomic E-state index is 14.6. The average Bonchev–Trinajstić information content (AvgIpc) is 2.43. The van der Waals surface area contributed by atoms with Crippen LogP contribution in [0.1, 0.15) is 0 Å². The number of aromatic nitrogens is 2. The van der Waals surface area contributed by atoms with Crippen molar-refractivity contribution in [2.24, 2.45) is 0 Å². The third-order valence-corrected chi connectivity index (χ3v) is 3.37. The van der Waals surface area contributed by atoms with Gasteiger partial charge in [-0.1, -0.05) is 17.7 Å². The zero-order chi connectivity index (χ0) is 15.1. The smallest absolute Gasteiger partial charge is 0.258 e. The number of phenols is 1. The van der Waals surface area contributed by atoms with E-state index in [-0.39, 0.29) is 27.1 Å². The predicted octanol–water partition coefficient (Wildman–Crippen LogP) is 3.23. The molecule has 1 aromatic heterocycles. The molecule has 106 valence electrons. The molecule has 0 bridgehead atoms. The second kappa shape index (κ2) is 4.82. The van der Waals surface area contributed by atoms with E-state index in [0.717, 1.165) is 12.4 Å². The maximum absolute atomic E-state index is 14.6. The highest BCUT2D eigenvalue weighted by Crippen LogP contribution is 2.39. The van der Waals surface area contributed by atoms with Crippen molar-refractivity contribution in [2.45, 2.75) is 0 Å². The molecule has 2 aromatic carbocycles. The Morgan fingerprint density at radius 2 is 2.00 bits per heavy atom. The highest BCUT2D eigenvalue weighted by atomic mass is 35.5. The van der Waals surface area contributed by atoms with Crippen LogP contribution in [0.2, 0.25) is 5.02 Å². The Balaban J connectivity index is 2.47. The number of aromatic hydroxyl groups is 1. The Morgan fingerprint density at radius 1 is 1.24 bits per heavy atom. The minimum Gasteiger partial charge on any atom is -0.507 e. The number of nitrogens with one attached hydrogen (secondary N) is 1. The lowest BCUT2D eigenvalue weighted by molar-refractivity contribution is 0.471. The molecule has 4 nitrogen and oxygen atoms in total. The largest absolute Gasteiger partial charge is 0.507 e. The summed E-state index contributed by atoms with van der Waals surface area (Å²) in [6.07, 6.45) is 1.03. The topological polar surface area (TPSA) is 66.0 Å². The molecule has 1 heterocycles. The van der Waals surface area contributed by atoms with E-state index in [1.54, 1.807) is 0 Å². The van der Waals surface area contributed by atoms with Gasteiger partial charge in [-0.3, -0.25) is 4.79 Å². The Bertz CT molecular complexity index is 904. The number of benzene rings is 2. The molecular formula is C14H7ClF2N2O2. The molecule has 3 rings (SSSR count). The van der Waals surface area contributed by atoms with E-state index in [1.807, 2.05) is 0 Å². The lowest BCUT2D eigenvalue weighted by Gasteiger charge is -2.11. The summed E-state index contributed by atoms with van der Waals surface area (Å²) in [6.45, 7) is 0. The Morgan fingerprint density at radius 3 is 2.71 bits per heavy atom. The first-order valence-electron chi connectivity index (χ1n) is 5.84. The fraction of sp³-hybridized carbons (Fsp3) is 0. The quantitative estimate of drug-likeness (QED) is 0.725. The van der Waals surface area contributed by atoms with Crippen molar-refractivity contribution in [3.8, 4) is 16.9 Å². The van der Waals surface area contributed by atoms with Crippen LogP contribution in [0.5, 0.6) is 5.75 Å². The van der Waals surface area contributed by atoms with Gasteiger partial charge < -0.3 is 10.1 Å². The summed E-state index contributed by atoms with van der Waals surface area (Å²) in [4.78, 5) is 17.7. The van der Waals surface area contributed by atoms with Gasteiger partial charge in [-0.05, 0) is 18.2 Å². The monoisotopic (exact) mass is 308 g/mol. The van der Waals surface area contributed by atoms with Crippen molar-refractivity contribution >= 4 is 22.5 Å². The van der Waals surface area contributed by atoms with Crippen molar-refractivity contribution in [3.05, 3.63) is 57.6 Å². The Hall–Kier alpha value is -2.47. The lowest BCUT2D eigenvalue weighted by Crippen LogP contribution is -2.08. The number of halogens is 3. The van der Waals surface area contributed by atoms with Crippen molar-refractivity contribution in [3.63, 3.8) is 0 Å². The van der Waals surface area contributed by atoms with E-state index in [1.165, 1.54) is 18.2 Å². The molecular weight excluding hydrogens is 302 g/mol. The number of H-pyrrole nitrogens is 1. The van der Waals surface area contributed by atoms with Crippen LogP contribution in [0, 0.1) is 11.6 Å². The minimum atomic E-state index is -0.969. The van der Waals surface area contributed by atoms with Crippen LogP contribution in [-0.4, -0.2) is 15.1 Å². The Labute approximate surface area is 121 Å². The summed E-state index contributed by atoms with van der Waals surface area (Å²) >= 11 is 5.96. The lowest BCUT2D eigenvalue weighted by atomic mass is 10.0. The number of fused-ring (bicyclic) bond motifs is 1. The number of aromatic amines is 1. The first-order chi connectivity index (χ1) is 10.0. The molecule has 2 N–H and O–H groups in total. The molecule has 0 amide bonds. The third kappa shape index (κ3) is 2.04. The zero-order valence-corrected chi connectivity index (χ0v) is 11.1. The van der Waals surface area contributed by atoms with E-state index < -0.39 is 22.9 Å². The summed E-state index contributed by atoms with van der Waals surface area (Å²) < 4.78 is 28.5. The van der Waals surface area contributed by atoms with Gasteiger partial charge >= 0.3 is 0 Å². The van der Waals surface area contributed by atoms with E-state index in [2.05, 4.69) is 9.97 Å². The first-order valence-corrected chi connectivity index (χ1v) is 6.21. The predicted molar refractivity (Wildman–Crippen MR) is 74.4 cm³/mol. The molecule has 0 aliphatic heterocycles. The fourth-order valence-electron chi connectivity index (χ4n) is 2.13. The summed E-state index contributed by atoms with van der Waals surface area (Å²) in [5.74, 6) is -2.26. The van der Waals surface area contributed by atoms with Crippen LogP contribution < -0.4 is 5.56 Å². The number of phenolic OH excluding ortho intramolecular Hbond substituents is 1. The van der Waals surface area contributed by atoms with Crippen LogP contribution >= 0.6 is 11.6 Å². The van der Waals surface area contributed by atoms with Gasteiger partial charge in [-0.15, -0.1) is 0 Å². The SMILES string of the molecule is O=c1[nH]cnc2c(F)c(-c3c(O)cccc3F)c(Cl)cc12. The van der Waals surface area contributed by atoms with Crippen molar-refractivity contribution in [2.75, 3.05) is 0 Å². The molecule has 0 atom stereocenters. The second-order valence-electron chi connectivity index (χ2n) is 4.31. The van der Waals surface area contributed by atoms with Crippen molar-refractivity contribution in [1.29, 1.82) is 0 Å². The normalized spacial score (nSPS) is 11.0. The van der Waals surface area contributed by atoms with Crippen molar-refractivity contribution in [1.82, 2.24) is 9.97 Å². The molecule has 0 spiro atoms. The second-order valence-corrected chi connectivity index (χ2v) is 4.72. The molecule has 0 saturated heterocycles. The number of nitrogens with zero attached hydrogens (tertiary/aromatic N) is 1. The van der Waals surface area contributed by atoms with E-state index in [0.29, 0.717) is 0 Å². The van der Waals surface area contributed by atoms with Gasteiger partial charge in [0.25, 0.3) is 5.56 Å². The van der Waals surface area contributed by atoms with Gasteiger partial charge in [0.15, 0.2) is 5.82 Å². The molecule has 0 radical (unpaired) electrons. The molecule has 0 saturated carbocycles. The molecule has 0 fully saturated rings. The van der Waals surface area contributed by atoms with Crippen LogP contribution in [0.25, 0.3) is 22.0 Å². The number of hydrogen-bond donors (Lipinski definition) is 2. The molecule has 21 heavy (non-hydrogen) atoms. The summed E-state index contributed by atoms with van der Waals surface area (Å²) in [7, 11) is 0. The van der Waals surface area contributed by atoms with Crippen LogP contribution in [-0.2, 0) is 0 Å². The number of hydrogen-bond acceptors (Lipinski definition) is 3. The fourth-order valence-corrected chi connectivity index (χ4v) is 2.42. The van der Waals surface area contributed by atoms with Gasteiger partial charge in [0, 0.05) is 5.56 Å². The standard InChI is InChI=1S/C14H7ClF2N2O2/c15-7-4-6-13(18-5-19-14(6)21)12(17)10(7)11-8(16)2-1-3-9(11)20/h1-5,20H,(H,18,19,21). The summed E-state index contributed by atoms with van der Waals surface area (Å²) in [5, 5.41) is 9.52. The van der Waals surface area contributed by atoms with Crippen LogP contribution in [0.4, 0.5) is 8.78 Å². The van der Waals surface area contributed by atoms with Gasteiger partial charge in [-0.2, -0.15) is 0 Å². The van der Waals surface area contributed by atoms with E-state index >= 15 is 0 Å². The van der Waals surface area contributed by atoms with Crippen LogP contribution in [0.3, 0.4) is 0 Å². The van der Waals surface area contributed by atoms with Gasteiger partial charge in [-0.25, -0.2) is 13.8 Å². The molecule has 0 aliphatic carbocycles. The maximum Gasteiger partial charge on any atom is 0.258 e. The Kier molecular flexibility index (Phi) is 3.10. The molecule has 3 aromatic rings. The van der Waals surface area contributed by atoms with Gasteiger partial charge in [0.2, 0.25) is 0 Å². The highest BCUT2D eigenvalue weighted by molar-refractivity contribution is 6.34. The van der Waals surface area contributed by atoms with Crippen molar-refractivity contribution < 1.29 is 13.9 Å². The van der Waals surface area contributed by atoms with E-state index in [4.69, 9.17) is 11.6 Å². The van der Waals surface area contributed by atoms with E-state index in [9.17, 15) is 18.7 Å². The zero-order valence-electron chi connectivity index (χ0n) is 10.3.